The van der Waals surface area contributed by atoms with E-state index in [-0.39, 0.29) is 58.3 Å². The first-order valence-corrected chi connectivity index (χ1v) is 26.3. The number of nitrogens with zero attached hydrogens (tertiary/aromatic N) is 2. The van der Waals surface area contributed by atoms with E-state index < -0.39 is 0 Å². The van der Waals surface area contributed by atoms with Crippen molar-refractivity contribution in [3.63, 3.8) is 0 Å². The van der Waals surface area contributed by atoms with Crippen LogP contribution >= 0.6 is 0 Å². The van der Waals surface area contributed by atoms with Gasteiger partial charge in [0.15, 0.2) is 0 Å². The third-order valence-corrected chi connectivity index (χ3v) is 20.0. The second-order valence-electron chi connectivity index (χ2n) is 23.0. The van der Waals surface area contributed by atoms with E-state index in [4.69, 9.17) is 0 Å². The van der Waals surface area contributed by atoms with Gasteiger partial charge in [0.2, 0.25) is 0 Å². The Labute approximate surface area is 383 Å². The van der Waals surface area contributed by atoms with E-state index in [1.807, 2.05) is 0 Å². The van der Waals surface area contributed by atoms with Crippen LogP contribution in [0, 0.1) is 0 Å². The molecule has 310 valence electrons. The number of rotatable bonds is 0. The number of hydrogen-bond donors (Lipinski definition) is 0. The van der Waals surface area contributed by atoms with Crippen LogP contribution in [0.3, 0.4) is 0 Å². The number of benzene rings is 7. The Hall–Kier alpha value is -4.76. The molecule has 2 nitrogen and oxygen atoms in total. The molecule has 0 atom stereocenters. The van der Waals surface area contributed by atoms with Crippen molar-refractivity contribution in [2.75, 3.05) is 0 Å². The fraction of sp³-hybridized carbons (Fsp3) is 0.276. The van der Waals surface area contributed by atoms with Gasteiger partial charge in [-0.15, -0.1) is 0 Å². The Morgan fingerprint density at radius 1 is 0.381 bits per heavy atom. The molecular formula is C58H53BN2Se2. The molecule has 6 heterocycles. The Morgan fingerprint density at radius 3 is 1.06 bits per heavy atom. The summed E-state index contributed by atoms with van der Waals surface area (Å²) in [6, 6.07) is 42.2. The predicted molar refractivity (Wildman–Crippen MR) is 278 cm³/mol. The van der Waals surface area contributed by atoms with Gasteiger partial charge in [-0.1, -0.05) is 0 Å². The molecule has 5 heteroatoms. The minimum atomic E-state index is 0.0458. The van der Waals surface area contributed by atoms with Crippen molar-refractivity contribution in [3.8, 4) is 0 Å². The molecule has 0 radical (unpaired) electrons. The Morgan fingerprint density at radius 2 is 0.714 bits per heavy atom. The molecule has 0 spiro atoms. The summed E-state index contributed by atoms with van der Waals surface area (Å²) in [6.45, 7) is 28.5. The van der Waals surface area contributed by atoms with Gasteiger partial charge in [-0.3, -0.25) is 0 Å². The fourth-order valence-corrected chi connectivity index (χ4v) is 17.2. The van der Waals surface area contributed by atoms with Crippen molar-refractivity contribution in [1.82, 2.24) is 8.80 Å². The number of fused-ring (bicyclic) bond motifs is 18. The molecule has 0 aliphatic carbocycles. The van der Waals surface area contributed by atoms with Gasteiger partial charge in [-0.05, 0) is 0 Å². The molecule has 11 aromatic rings. The molecule has 2 aliphatic rings. The quantitative estimate of drug-likeness (QED) is 0.134. The van der Waals surface area contributed by atoms with E-state index >= 15 is 0 Å². The zero-order valence-corrected chi connectivity index (χ0v) is 42.0. The SMILES string of the molecule is CC(C)(C)c1ccc2c(c1)c1cc3c(c4c5cc(C(C)(C)C)ccc5n2c14)[Se]c1cccc2c1B3c1cc3c4cc(C(C)(C)C)ccc4n4c5ccc(C(C)(C)C)cc5c(c1[Se]2)c34. The van der Waals surface area contributed by atoms with Gasteiger partial charge in [0.1, 0.15) is 0 Å². The van der Waals surface area contributed by atoms with Crippen molar-refractivity contribution in [2.45, 2.75) is 105 Å². The molecule has 0 saturated heterocycles. The molecule has 2 aliphatic heterocycles. The zero-order chi connectivity index (χ0) is 43.6. The van der Waals surface area contributed by atoms with E-state index in [1.54, 1.807) is 23.3 Å². The van der Waals surface area contributed by atoms with Crippen molar-refractivity contribution in [3.05, 3.63) is 125 Å². The molecule has 13 rings (SSSR count). The first kappa shape index (κ1) is 38.7. The second kappa shape index (κ2) is 12.1. The summed E-state index contributed by atoms with van der Waals surface area (Å²) in [5.74, 6) is 0. The van der Waals surface area contributed by atoms with Crippen molar-refractivity contribution >= 4 is 147 Å². The Kier molecular flexibility index (Phi) is 7.44. The van der Waals surface area contributed by atoms with Crippen LogP contribution in [-0.2, 0) is 21.7 Å². The maximum atomic E-state index is 2.69. The van der Waals surface area contributed by atoms with E-state index in [0.717, 1.165) is 0 Å². The summed E-state index contributed by atoms with van der Waals surface area (Å²) in [6.07, 6.45) is 0. The fourth-order valence-electron chi connectivity index (χ4n) is 11.4. The van der Waals surface area contributed by atoms with E-state index in [2.05, 4.69) is 195 Å². The maximum absolute atomic E-state index is 2.69. The summed E-state index contributed by atoms with van der Waals surface area (Å²) >= 11 is 0.302. The van der Waals surface area contributed by atoms with Crippen LogP contribution in [0.25, 0.3) is 76.2 Å². The van der Waals surface area contributed by atoms with Crippen LogP contribution in [0.4, 0.5) is 0 Å². The summed E-state index contributed by atoms with van der Waals surface area (Å²) in [4.78, 5) is 0. The van der Waals surface area contributed by atoms with E-state index in [9.17, 15) is 0 Å². The molecular weight excluding hydrogens is 893 g/mol. The van der Waals surface area contributed by atoms with Gasteiger partial charge in [-0.25, -0.2) is 0 Å². The molecule has 4 aromatic heterocycles. The van der Waals surface area contributed by atoms with Crippen molar-refractivity contribution in [2.24, 2.45) is 0 Å². The molecule has 0 bridgehead atoms. The Balaban J connectivity index is 1.22. The van der Waals surface area contributed by atoms with Crippen LogP contribution in [0.2, 0.25) is 0 Å². The van der Waals surface area contributed by atoms with Crippen molar-refractivity contribution < 1.29 is 0 Å². The second-order valence-corrected chi connectivity index (χ2v) is 27.5. The van der Waals surface area contributed by atoms with E-state index in [0.29, 0.717) is 0 Å². The van der Waals surface area contributed by atoms with Crippen LogP contribution in [0.5, 0.6) is 0 Å². The van der Waals surface area contributed by atoms with Gasteiger partial charge >= 0.3 is 386 Å². The van der Waals surface area contributed by atoms with Crippen LogP contribution in [-0.4, -0.2) is 45.4 Å². The zero-order valence-electron chi connectivity index (χ0n) is 38.6. The van der Waals surface area contributed by atoms with Gasteiger partial charge in [0, 0.05) is 0 Å². The van der Waals surface area contributed by atoms with Crippen molar-refractivity contribution in [1.29, 1.82) is 0 Å². The van der Waals surface area contributed by atoms with Crippen LogP contribution in [0.15, 0.2) is 103 Å². The molecule has 0 fully saturated rings. The van der Waals surface area contributed by atoms with Gasteiger partial charge in [0.25, 0.3) is 0 Å². The van der Waals surface area contributed by atoms with Gasteiger partial charge in [0.05, 0.1) is 0 Å². The monoisotopic (exact) mass is 948 g/mol. The first-order valence-electron chi connectivity index (χ1n) is 22.9. The van der Waals surface area contributed by atoms with Crippen LogP contribution < -0.4 is 34.2 Å². The summed E-state index contributed by atoms with van der Waals surface area (Å²) in [7, 11) is 0. The predicted octanol–water partition coefficient (Wildman–Crippen LogP) is 9.63. The van der Waals surface area contributed by atoms with E-state index in [1.165, 1.54) is 109 Å². The standard InChI is InChI=1S/C58H53BN2Se2/c1-55(2,3)30-16-20-42-34(24-30)36-28-40-53(48-38-26-32(57(7,8)9)18-22-44(38)60(42)51(36)48)62-46-14-13-15-47-50(46)59(40)41-29-37-35-25-31(56(4,5)6)17-21-43(35)61-45-23-19-33(58(10,11)12)27-39(45)49(52(37)61)54(41)63-47/h13-29H,1-12H3. The topological polar surface area (TPSA) is 8.82 Å². The number of aromatic nitrogens is 2. The Bertz CT molecular complexity index is 3590. The van der Waals surface area contributed by atoms with Crippen LogP contribution in [0.1, 0.15) is 105 Å². The molecule has 0 saturated carbocycles. The summed E-state index contributed by atoms with van der Waals surface area (Å²) in [5, 5.41) is 11.4. The molecule has 63 heavy (non-hydrogen) atoms. The number of hydrogen-bond acceptors (Lipinski definition) is 0. The van der Waals surface area contributed by atoms with Gasteiger partial charge in [-0.2, -0.15) is 0 Å². The summed E-state index contributed by atoms with van der Waals surface area (Å²) in [5.41, 5.74) is 18.6. The normalized spacial score (nSPS) is 14.8. The molecule has 7 aromatic carbocycles. The molecule has 0 amide bonds. The summed E-state index contributed by atoms with van der Waals surface area (Å²) < 4.78 is 11.6. The van der Waals surface area contributed by atoms with Gasteiger partial charge < -0.3 is 0 Å². The molecule has 0 unspecified atom stereocenters. The average Bonchev–Trinajstić information content (AvgIpc) is 3.94. The average molecular weight is 947 g/mol. The minimum absolute atomic E-state index is 0.0458. The third-order valence-electron chi connectivity index (χ3n) is 14.9. The first-order chi connectivity index (χ1) is 29.8. The third kappa shape index (κ3) is 5.09. The molecule has 0 N–H and O–H groups in total.